The fourth-order valence-electron chi connectivity index (χ4n) is 5.58. The van der Waals surface area contributed by atoms with E-state index >= 15 is 0 Å². The maximum absolute atomic E-state index is 13.6. The molecular formula is C28H30N6O3. The Hall–Kier alpha value is -3.56. The zero-order valence-corrected chi connectivity index (χ0v) is 20.7. The summed E-state index contributed by atoms with van der Waals surface area (Å²) >= 11 is 0. The van der Waals surface area contributed by atoms with E-state index in [1.807, 2.05) is 41.3 Å². The minimum absolute atomic E-state index is 0.0536. The molecule has 9 nitrogen and oxygen atoms in total. The Bertz CT molecular complexity index is 1400. The molecule has 1 aromatic carbocycles. The van der Waals surface area contributed by atoms with Crippen molar-refractivity contribution in [1.82, 2.24) is 30.0 Å². The van der Waals surface area contributed by atoms with Crippen molar-refractivity contribution in [3.63, 3.8) is 0 Å². The molecule has 2 aliphatic heterocycles. The molecule has 2 saturated heterocycles. The lowest BCUT2D eigenvalue weighted by Gasteiger charge is -2.26. The first-order chi connectivity index (χ1) is 18.2. The topological polar surface area (TPSA) is 98.3 Å². The number of para-hydroxylation sites is 1. The van der Waals surface area contributed by atoms with Crippen LogP contribution in [0.4, 0.5) is 0 Å². The van der Waals surface area contributed by atoms with Crippen molar-refractivity contribution in [3.05, 3.63) is 60.0 Å². The van der Waals surface area contributed by atoms with Crippen LogP contribution in [0.15, 0.2) is 53.2 Å². The summed E-state index contributed by atoms with van der Waals surface area (Å²) in [6.45, 7) is 3.11. The Morgan fingerprint density at radius 1 is 1.03 bits per heavy atom. The molecule has 0 spiro atoms. The number of amides is 1. The monoisotopic (exact) mass is 498 g/mol. The van der Waals surface area contributed by atoms with Crippen molar-refractivity contribution in [1.29, 1.82) is 0 Å². The number of benzene rings is 1. The predicted molar refractivity (Wildman–Crippen MR) is 138 cm³/mol. The van der Waals surface area contributed by atoms with Crippen molar-refractivity contribution in [3.8, 4) is 17.4 Å². The largest absolute Gasteiger partial charge is 0.454 e. The second-order valence-electron chi connectivity index (χ2n) is 10.3. The molecule has 0 bridgehead atoms. The van der Waals surface area contributed by atoms with Crippen LogP contribution in [0.3, 0.4) is 0 Å². The molecule has 1 saturated carbocycles. The number of nitrogens with one attached hydrogen (secondary N) is 1. The van der Waals surface area contributed by atoms with Crippen molar-refractivity contribution in [2.45, 2.75) is 50.1 Å². The molecule has 5 heterocycles. The highest BCUT2D eigenvalue weighted by atomic mass is 16.5. The van der Waals surface area contributed by atoms with E-state index in [-0.39, 0.29) is 5.91 Å². The third-order valence-corrected chi connectivity index (χ3v) is 7.68. The Morgan fingerprint density at radius 2 is 1.89 bits per heavy atom. The van der Waals surface area contributed by atoms with E-state index in [1.54, 1.807) is 17.1 Å². The number of fused-ring (bicyclic) bond motifs is 1. The first kappa shape index (κ1) is 22.6. The van der Waals surface area contributed by atoms with Crippen LogP contribution in [0.5, 0.6) is 0 Å². The van der Waals surface area contributed by atoms with Gasteiger partial charge in [-0.3, -0.25) is 4.79 Å². The van der Waals surface area contributed by atoms with Gasteiger partial charge < -0.3 is 19.4 Å². The van der Waals surface area contributed by atoms with Crippen molar-refractivity contribution >= 4 is 16.9 Å². The number of likely N-dealkylation sites (tertiary alicyclic amines) is 1. The minimum Gasteiger partial charge on any atom is -0.454 e. The first-order valence-electron chi connectivity index (χ1n) is 13.3. The summed E-state index contributed by atoms with van der Waals surface area (Å²) in [4.78, 5) is 24.9. The average Bonchev–Trinajstić information content (AvgIpc) is 3.32. The Labute approximate surface area is 214 Å². The third-order valence-electron chi connectivity index (χ3n) is 7.68. The number of ether oxygens (including phenoxy) is 1. The van der Waals surface area contributed by atoms with E-state index < -0.39 is 0 Å². The van der Waals surface area contributed by atoms with Gasteiger partial charge in [-0.25, -0.2) is 14.6 Å². The second kappa shape index (κ2) is 9.39. The Balaban J connectivity index is 1.14. The van der Waals surface area contributed by atoms with Crippen LogP contribution in [-0.2, 0) is 4.74 Å². The van der Waals surface area contributed by atoms with E-state index in [9.17, 15) is 4.79 Å². The molecule has 1 amide bonds. The second-order valence-corrected chi connectivity index (χ2v) is 10.3. The molecule has 1 atom stereocenters. The van der Waals surface area contributed by atoms with Crippen molar-refractivity contribution < 1.29 is 13.9 Å². The number of aromatic nitrogens is 4. The summed E-state index contributed by atoms with van der Waals surface area (Å²) in [5.41, 5.74) is 3.10. The smallest absolute Gasteiger partial charge is 0.257 e. The number of nitrogens with zero attached hydrogens (tertiary/aromatic N) is 5. The van der Waals surface area contributed by atoms with Crippen LogP contribution in [-0.4, -0.2) is 68.9 Å². The van der Waals surface area contributed by atoms with E-state index in [2.05, 4.69) is 15.4 Å². The molecule has 3 aromatic heterocycles. The minimum atomic E-state index is 0.0536. The van der Waals surface area contributed by atoms with Gasteiger partial charge in [0.15, 0.2) is 5.76 Å². The van der Waals surface area contributed by atoms with Gasteiger partial charge in [-0.05, 0) is 50.3 Å². The summed E-state index contributed by atoms with van der Waals surface area (Å²) in [5, 5.41) is 9.38. The highest BCUT2D eigenvalue weighted by molar-refractivity contribution is 5.95. The van der Waals surface area contributed by atoms with Crippen LogP contribution in [0, 0.1) is 0 Å². The quantitative estimate of drug-likeness (QED) is 0.430. The summed E-state index contributed by atoms with van der Waals surface area (Å²) in [6.07, 6.45) is 8.56. The van der Waals surface area contributed by atoms with Gasteiger partial charge in [0.1, 0.15) is 11.3 Å². The number of hydrogen-bond donors (Lipinski definition) is 1. The molecule has 3 fully saturated rings. The zero-order valence-electron chi connectivity index (χ0n) is 20.7. The number of carbonyl (C=O) groups is 1. The van der Waals surface area contributed by atoms with Gasteiger partial charge in [0, 0.05) is 55.9 Å². The molecule has 7 rings (SSSR count). The van der Waals surface area contributed by atoms with Gasteiger partial charge >= 0.3 is 0 Å². The van der Waals surface area contributed by atoms with E-state index in [4.69, 9.17) is 14.1 Å². The Kier molecular flexibility index (Phi) is 5.74. The lowest BCUT2D eigenvalue weighted by atomic mass is 10.1. The van der Waals surface area contributed by atoms with Crippen LogP contribution in [0.25, 0.3) is 28.4 Å². The van der Waals surface area contributed by atoms with Gasteiger partial charge in [-0.1, -0.05) is 18.2 Å². The first-order valence-corrected chi connectivity index (χ1v) is 13.3. The number of hydrogen-bond acceptors (Lipinski definition) is 7. The highest BCUT2D eigenvalue weighted by Gasteiger charge is 2.37. The van der Waals surface area contributed by atoms with Gasteiger partial charge in [0.2, 0.25) is 0 Å². The fraction of sp³-hybridized carbons (Fsp3) is 0.429. The number of rotatable bonds is 6. The van der Waals surface area contributed by atoms with E-state index in [1.165, 1.54) is 0 Å². The molecule has 4 aromatic rings. The van der Waals surface area contributed by atoms with Gasteiger partial charge in [-0.2, -0.15) is 5.10 Å². The molecule has 1 N–H and O–H groups in total. The standard InChI is InChI=1S/C28H30N6O3/c35-27(33-12-8-21(17-33)31-20-9-13-36-14-10-20)22-16-30-34(26(22)18-5-6-18)28-29-11-7-23(32-28)25-15-19-3-1-2-4-24(19)37-25/h1-4,7,11,15-16,18,20-21,31H,5-6,8-10,12-14,17H2. The van der Waals surface area contributed by atoms with Crippen molar-refractivity contribution in [2.75, 3.05) is 26.3 Å². The molecule has 37 heavy (non-hydrogen) atoms. The van der Waals surface area contributed by atoms with Crippen LogP contribution < -0.4 is 5.32 Å². The summed E-state index contributed by atoms with van der Waals surface area (Å²) < 4.78 is 13.3. The van der Waals surface area contributed by atoms with Gasteiger partial charge in [-0.15, -0.1) is 0 Å². The SMILES string of the molecule is O=C(c1cnn(-c2nccc(-c3cc4ccccc4o3)n2)c1C1CC1)N1CCC(NC2CCOCC2)C1. The van der Waals surface area contributed by atoms with E-state index in [0.717, 1.165) is 75.1 Å². The number of furan rings is 1. The average molecular weight is 499 g/mol. The lowest BCUT2D eigenvalue weighted by molar-refractivity contribution is 0.0728. The van der Waals surface area contributed by atoms with Crippen molar-refractivity contribution in [2.24, 2.45) is 0 Å². The highest BCUT2D eigenvalue weighted by Crippen LogP contribution is 2.42. The predicted octanol–water partition coefficient (Wildman–Crippen LogP) is 3.94. The van der Waals surface area contributed by atoms with Crippen LogP contribution >= 0.6 is 0 Å². The molecule has 1 aliphatic carbocycles. The number of carbonyl (C=O) groups excluding carboxylic acids is 1. The summed E-state index contributed by atoms with van der Waals surface area (Å²) in [7, 11) is 0. The normalized spacial score (nSPS) is 20.6. The van der Waals surface area contributed by atoms with Crippen LogP contribution in [0.1, 0.15) is 54.1 Å². The molecular weight excluding hydrogens is 468 g/mol. The zero-order chi connectivity index (χ0) is 24.8. The maximum Gasteiger partial charge on any atom is 0.257 e. The maximum atomic E-state index is 13.6. The molecule has 3 aliphatic rings. The molecule has 1 unspecified atom stereocenters. The lowest BCUT2D eigenvalue weighted by Crippen LogP contribution is -2.43. The molecule has 190 valence electrons. The van der Waals surface area contributed by atoms with E-state index in [0.29, 0.717) is 41.0 Å². The fourth-order valence-corrected chi connectivity index (χ4v) is 5.58. The Morgan fingerprint density at radius 3 is 2.73 bits per heavy atom. The molecule has 9 heteroatoms. The van der Waals surface area contributed by atoms with Gasteiger partial charge in [0.25, 0.3) is 11.9 Å². The van der Waals surface area contributed by atoms with Gasteiger partial charge in [0.05, 0.1) is 17.5 Å². The third kappa shape index (κ3) is 4.42. The summed E-state index contributed by atoms with van der Waals surface area (Å²) in [6, 6.07) is 12.5. The summed E-state index contributed by atoms with van der Waals surface area (Å²) in [5.74, 6) is 1.50. The van der Waals surface area contributed by atoms with Crippen LogP contribution in [0.2, 0.25) is 0 Å². The molecule has 0 radical (unpaired) electrons.